The van der Waals surface area contributed by atoms with Crippen molar-refractivity contribution >= 4 is 38.7 Å². The third kappa shape index (κ3) is 3.55. The molecule has 0 fully saturated rings. The molecule has 0 heterocycles. The number of anilines is 1. The van der Waals surface area contributed by atoms with Gasteiger partial charge in [-0.1, -0.05) is 23.7 Å². The Kier molecular flexibility index (Phi) is 4.48. The molecule has 0 aromatic heterocycles. The molecule has 2 aromatic rings. The first-order chi connectivity index (χ1) is 10.7. The normalized spacial score (nSPS) is 11.0. The second kappa shape index (κ2) is 6.18. The van der Waals surface area contributed by atoms with Gasteiger partial charge in [-0.15, -0.1) is 0 Å². The molecule has 0 spiro atoms. The molecule has 1 N–H and O–H groups in total. The lowest BCUT2D eigenvalue weighted by Gasteiger charge is -2.09. The third-order valence-corrected chi connectivity index (χ3v) is 4.40. The molecule has 0 aliphatic heterocycles. The number of sulfonamides is 1. The average molecular weight is 358 g/mol. The zero-order chi connectivity index (χ0) is 17.2. The van der Waals surface area contributed by atoms with Crippen LogP contribution >= 0.6 is 11.6 Å². The molecule has 0 atom stereocenters. The largest absolute Gasteiger partial charge is 0.294 e. The van der Waals surface area contributed by atoms with Gasteiger partial charge >= 0.3 is 0 Å². The summed E-state index contributed by atoms with van der Waals surface area (Å²) >= 11 is 5.64. The summed E-state index contributed by atoms with van der Waals surface area (Å²) in [5.74, 6) is 0. The summed E-state index contributed by atoms with van der Waals surface area (Å²) in [6.45, 7) is 0. The van der Waals surface area contributed by atoms with Crippen molar-refractivity contribution in [3.05, 3.63) is 67.7 Å². The van der Waals surface area contributed by atoms with E-state index in [2.05, 4.69) is 0 Å². The van der Waals surface area contributed by atoms with Crippen LogP contribution in [0.2, 0.25) is 5.02 Å². The summed E-state index contributed by atoms with van der Waals surface area (Å²) < 4.78 is 26.6. The maximum atomic E-state index is 12.3. The van der Waals surface area contributed by atoms with Gasteiger partial charge in [0.05, 0.1) is 9.85 Å². The molecule has 11 heteroatoms. The number of nitro benzene ring substituents is 2. The van der Waals surface area contributed by atoms with Gasteiger partial charge in [0.2, 0.25) is 0 Å². The monoisotopic (exact) mass is 357 g/mol. The average Bonchev–Trinajstić information content (AvgIpc) is 2.48. The van der Waals surface area contributed by atoms with Crippen LogP contribution in [0.5, 0.6) is 0 Å². The van der Waals surface area contributed by atoms with Gasteiger partial charge in [-0.3, -0.25) is 25.0 Å². The lowest BCUT2D eigenvalue weighted by atomic mass is 10.3. The second-order valence-corrected chi connectivity index (χ2v) is 6.34. The van der Waals surface area contributed by atoms with Gasteiger partial charge in [0.25, 0.3) is 21.4 Å². The predicted molar refractivity (Wildman–Crippen MR) is 82.0 cm³/mol. The first kappa shape index (κ1) is 16.6. The van der Waals surface area contributed by atoms with Crippen LogP contribution in [0.1, 0.15) is 0 Å². The molecule has 0 aliphatic rings. The highest BCUT2D eigenvalue weighted by Gasteiger charge is 2.27. The van der Waals surface area contributed by atoms with E-state index in [-0.39, 0.29) is 10.7 Å². The van der Waals surface area contributed by atoms with Crippen molar-refractivity contribution in [3.8, 4) is 0 Å². The molecule has 2 rings (SSSR count). The van der Waals surface area contributed by atoms with Crippen molar-refractivity contribution in [1.29, 1.82) is 0 Å². The van der Waals surface area contributed by atoms with Crippen LogP contribution < -0.4 is 4.72 Å². The standard InChI is InChI=1S/C12H8ClN3O6S/c13-8-5-6-9(11(7-8)16(19)20)14-23(21,22)12-4-2-1-3-10(12)15(17)18/h1-7,14H. The SMILES string of the molecule is O=[N+]([O-])c1cc(Cl)ccc1NS(=O)(=O)c1ccccc1[N+](=O)[O-]. The van der Waals surface area contributed by atoms with Crippen molar-refractivity contribution in [3.63, 3.8) is 0 Å². The smallest absolute Gasteiger partial charge is 0.273 e. The van der Waals surface area contributed by atoms with Crippen LogP contribution in [-0.2, 0) is 10.0 Å². The Morgan fingerprint density at radius 2 is 1.57 bits per heavy atom. The molecule has 0 aliphatic carbocycles. The molecular formula is C12H8ClN3O6S. The Labute approximate surface area is 134 Å². The first-order valence-corrected chi connectivity index (χ1v) is 7.78. The quantitative estimate of drug-likeness (QED) is 0.646. The highest BCUT2D eigenvalue weighted by atomic mass is 35.5. The fourth-order valence-electron chi connectivity index (χ4n) is 1.78. The molecule has 2 aromatic carbocycles. The van der Waals surface area contributed by atoms with Crippen LogP contribution in [0.4, 0.5) is 17.1 Å². The summed E-state index contributed by atoms with van der Waals surface area (Å²) in [5.41, 5.74) is -1.56. The maximum Gasteiger partial charge on any atom is 0.294 e. The number of hydrogen-bond acceptors (Lipinski definition) is 6. The van der Waals surface area contributed by atoms with Crippen LogP contribution in [0.15, 0.2) is 47.4 Å². The zero-order valence-corrected chi connectivity index (χ0v) is 12.7. The van der Waals surface area contributed by atoms with E-state index in [9.17, 15) is 28.6 Å². The number of rotatable bonds is 5. The molecule has 0 saturated heterocycles. The number of hydrogen-bond donors (Lipinski definition) is 1. The summed E-state index contributed by atoms with van der Waals surface area (Å²) in [6.07, 6.45) is 0. The molecule has 0 bridgehead atoms. The predicted octanol–water partition coefficient (Wildman–Crippen LogP) is 2.96. The number of nitrogens with zero attached hydrogens (tertiary/aromatic N) is 2. The van der Waals surface area contributed by atoms with E-state index in [0.29, 0.717) is 0 Å². The van der Waals surface area contributed by atoms with Crippen molar-refractivity contribution in [2.24, 2.45) is 0 Å². The van der Waals surface area contributed by atoms with Crippen molar-refractivity contribution in [1.82, 2.24) is 0 Å². The highest BCUT2D eigenvalue weighted by molar-refractivity contribution is 7.92. The number of benzene rings is 2. The Morgan fingerprint density at radius 1 is 0.957 bits per heavy atom. The molecule has 9 nitrogen and oxygen atoms in total. The van der Waals surface area contributed by atoms with E-state index in [1.807, 2.05) is 4.72 Å². The van der Waals surface area contributed by atoms with E-state index >= 15 is 0 Å². The summed E-state index contributed by atoms with van der Waals surface area (Å²) in [4.78, 5) is 19.6. The van der Waals surface area contributed by atoms with E-state index in [4.69, 9.17) is 11.6 Å². The van der Waals surface area contributed by atoms with Gasteiger partial charge in [0.15, 0.2) is 4.90 Å². The second-order valence-electron chi connectivity index (χ2n) is 4.25. The maximum absolute atomic E-state index is 12.3. The lowest BCUT2D eigenvalue weighted by molar-refractivity contribution is -0.387. The van der Waals surface area contributed by atoms with E-state index < -0.39 is 36.1 Å². The van der Waals surface area contributed by atoms with Gasteiger partial charge in [-0.05, 0) is 18.2 Å². The molecule has 0 saturated carbocycles. The van der Waals surface area contributed by atoms with E-state index in [0.717, 1.165) is 24.3 Å². The van der Waals surface area contributed by atoms with Crippen molar-refractivity contribution < 1.29 is 18.3 Å². The van der Waals surface area contributed by atoms with E-state index in [1.54, 1.807) is 0 Å². The van der Waals surface area contributed by atoms with Crippen LogP contribution in [0, 0.1) is 20.2 Å². The van der Waals surface area contributed by atoms with Gasteiger partial charge in [-0.25, -0.2) is 8.42 Å². The fraction of sp³-hybridized carbons (Fsp3) is 0. The first-order valence-electron chi connectivity index (χ1n) is 5.92. The van der Waals surface area contributed by atoms with Crippen molar-refractivity contribution in [2.45, 2.75) is 4.90 Å². The molecule has 0 unspecified atom stereocenters. The van der Waals surface area contributed by atoms with Crippen LogP contribution in [-0.4, -0.2) is 18.3 Å². The van der Waals surface area contributed by atoms with Crippen LogP contribution in [0.25, 0.3) is 0 Å². The summed E-state index contributed by atoms with van der Waals surface area (Å²) in [6, 6.07) is 7.99. The third-order valence-electron chi connectivity index (χ3n) is 2.75. The number of para-hydroxylation sites is 1. The number of nitrogens with one attached hydrogen (secondary N) is 1. The molecular weight excluding hydrogens is 350 g/mol. The molecule has 120 valence electrons. The number of nitro groups is 2. The Bertz CT molecular complexity index is 899. The van der Waals surface area contributed by atoms with Crippen LogP contribution in [0.3, 0.4) is 0 Å². The summed E-state index contributed by atoms with van der Waals surface area (Å²) in [5, 5.41) is 22.0. The Hall–Kier alpha value is -2.72. The zero-order valence-electron chi connectivity index (χ0n) is 11.2. The molecule has 0 radical (unpaired) electrons. The topological polar surface area (TPSA) is 132 Å². The van der Waals surface area contributed by atoms with Crippen molar-refractivity contribution in [2.75, 3.05) is 4.72 Å². The highest BCUT2D eigenvalue weighted by Crippen LogP contribution is 2.31. The lowest BCUT2D eigenvalue weighted by Crippen LogP contribution is -2.15. The Morgan fingerprint density at radius 3 is 2.17 bits per heavy atom. The fourth-order valence-corrected chi connectivity index (χ4v) is 3.19. The minimum Gasteiger partial charge on any atom is -0.273 e. The molecule has 0 amide bonds. The minimum atomic E-state index is -4.40. The summed E-state index contributed by atoms with van der Waals surface area (Å²) in [7, 11) is -4.40. The van der Waals surface area contributed by atoms with Gasteiger partial charge < -0.3 is 0 Å². The molecule has 23 heavy (non-hydrogen) atoms. The Balaban J connectivity index is 2.52. The van der Waals surface area contributed by atoms with Gasteiger partial charge in [0.1, 0.15) is 5.69 Å². The number of halogens is 1. The minimum absolute atomic E-state index is 0.0466. The van der Waals surface area contributed by atoms with Gasteiger partial charge in [-0.2, -0.15) is 0 Å². The van der Waals surface area contributed by atoms with E-state index in [1.165, 1.54) is 18.2 Å². The van der Waals surface area contributed by atoms with Gasteiger partial charge in [0, 0.05) is 17.2 Å².